The number of pyridine rings is 1. The third-order valence-corrected chi connectivity index (χ3v) is 7.03. The zero-order chi connectivity index (χ0) is 23.5. The number of thioether (sulfide) groups is 1. The molecule has 2 fully saturated rings. The highest BCUT2D eigenvalue weighted by Crippen LogP contribution is 2.36. The van der Waals surface area contributed by atoms with Gasteiger partial charge in [-0.1, -0.05) is 30.9 Å². The molecule has 33 heavy (non-hydrogen) atoms. The Labute approximate surface area is 201 Å². The molecule has 0 radical (unpaired) electrons. The third kappa shape index (κ3) is 4.49. The van der Waals surface area contributed by atoms with Gasteiger partial charge in [0.25, 0.3) is 11.5 Å². The maximum Gasteiger partial charge on any atom is 0.270 e. The number of rotatable bonds is 6. The van der Waals surface area contributed by atoms with Crippen LogP contribution in [0.1, 0.15) is 35.8 Å². The predicted molar refractivity (Wildman–Crippen MR) is 131 cm³/mol. The summed E-state index contributed by atoms with van der Waals surface area (Å²) in [5.41, 5.74) is 1.05. The normalized spacial score (nSPS) is 17.8. The molecule has 172 valence electrons. The summed E-state index contributed by atoms with van der Waals surface area (Å²) >= 11 is 6.68. The van der Waals surface area contributed by atoms with Gasteiger partial charge in [0, 0.05) is 25.2 Å². The second-order valence-corrected chi connectivity index (χ2v) is 9.43. The predicted octanol–water partition coefficient (Wildman–Crippen LogP) is 3.27. The van der Waals surface area contributed by atoms with E-state index in [4.69, 9.17) is 21.4 Å². The van der Waals surface area contributed by atoms with Crippen molar-refractivity contribution in [3.05, 3.63) is 56.1 Å². The molecule has 0 saturated carbocycles. The van der Waals surface area contributed by atoms with E-state index in [1.165, 1.54) is 16.7 Å². The molecule has 0 spiro atoms. The average Bonchev–Trinajstić information content (AvgIpc) is 3.42. The number of carbonyl (C=O) groups is 1. The minimum atomic E-state index is -0.305. The zero-order valence-electron chi connectivity index (χ0n) is 18.5. The largest absolute Gasteiger partial charge is 0.467 e. The van der Waals surface area contributed by atoms with E-state index in [1.54, 1.807) is 36.0 Å². The molecule has 1 amide bonds. The van der Waals surface area contributed by atoms with Gasteiger partial charge in [-0.15, -0.1) is 0 Å². The summed E-state index contributed by atoms with van der Waals surface area (Å²) in [5.74, 6) is 1.14. The van der Waals surface area contributed by atoms with Crippen LogP contribution in [-0.4, -0.2) is 46.0 Å². The van der Waals surface area contributed by atoms with Gasteiger partial charge in [-0.05, 0) is 37.1 Å². The van der Waals surface area contributed by atoms with Crippen LogP contribution in [0.4, 0.5) is 5.82 Å². The second-order valence-electron chi connectivity index (χ2n) is 7.75. The van der Waals surface area contributed by atoms with Crippen molar-refractivity contribution in [1.82, 2.24) is 9.47 Å². The number of hydrogen-bond acceptors (Lipinski definition) is 8. The first kappa shape index (κ1) is 23.3. The number of amides is 1. The van der Waals surface area contributed by atoms with Gasteiger partial charge in [0.05, 0.1) is 30.9 Å². The summed E-state index contributed by atoms with van der Waals surface area (Å²) in [6.45, 7) is 6.80. The van der Waals surface area contributed by atoms with Crippen LogP contribution in [0.25, 0.3) is 6.08 Å². The molecule has 8 nitrogen and oxygen atoms in total. The van der Waals surface area contributed by atoms with Gasteiger partial charge in [0.2, 0.25) is 0 Å². The van der Waals surface area contributed by atoms with Gasteiger partial charge in [-0.25, -0.2) is 0 Å². The zero-order valence-corrected chi connectivity index (χ0v) is 20.1. The molecule has 4 heterocycles. The molecule has 2 aromatic heterocycles. The minimum Gasteiger partial charge on any atom is -0.467 e. The van der Waals surface area contributed by atoms with E-state index in [0.717, 1.165) is 12.2 Å². The number of morpholine rings is 1. The Kier molecular flexibility index (Phi) is 7.02. The van der Waals surface area contributed by atoms with Crippen LogP contribution in [0.15, 0.2) is 32.5 Å². The number of nitriles is 1. The SMILES string of the molecule is CCCn1c(N2CCOCC2)c(/C=C2/SC(=S)N(Cc3ccco3)C2=O)c(C)c(C#N)c1=O. The lowest BCUT2D eigenvalue weighted by molar-refractivity contribution is -0.122. The van der Waals surface area contributed by atoms with E-state index in [9.17, 15) is 14.9 Å². The maximum absolute atomic E-state index is 13.2. The van der Waals surface area contributed by atoms with Gasteiger partial charge in [0.15, 0.2) is 0 Å². The Balaban J connectivity index is 1.84. The lowest BCUT2D eigenvalue weighted by Gasteiger charge is -2.33. The van der Waals surface area contributed by atoms with Crippen LogP contribution < -0.4 is 10.5 Å². The number of anilines is 1. The van der Waals surface area contributed by atoms with Crippen molar-refractivity contribution in [3.63, 3.8) is 0 Å². The Morgan fingerprint density at radius 1 is 1.30 bits per heavy atom. The summed E-state index contributed by atoms with van der Waals surface area (Å²) < 4.78 is 13.0. The fourth-order valence-corrected chi connectivity index (χ4v) is 5.25. The molecule has 0 unspecified atom stereocenters. The second kappa shape index (κ2) is 9.95. The molecule has 0 aliphatic carbocycles. The first-order valence-electron chi connectivity index (χ1n) is 10.7. The van der Waals surface area contributed by atoms with Gasteiger partial charge in [0.1, 0.15) is 27.5 Å². The molecule has 0 bridgehead atoms. The molecule has 10 heteroatoms. The van der Waals surface area contributed by atoms with Gasteiger partial charge in [-0.3, -0.25) is 19.1 Å². The Hall–Kier alpha value is -2.87. The molecule has 0 aromatic carbocycles. The van der Waals surface area contributed by atoms with Gasteiger partial charge < -0.3 is 14.1 Å². The van der Waals surface area contributed by atoms with Crippen LogP contribution >= 0.6 is 24.0 Å². The van der Waals surface area contributed by atoms with Crippen LogP contribution in [0.3, 0.4) is 0 Å². The van der Waals surface area contributed by atoms with Crippen molar-refractivity contribution in [2.75, 3.05) is 31.2 Å². The summed E-state index contributed by atoms with van der Waals surface area (Å²) in [7, 11) is 0. The van der Waals surface area contributed by atoms with E-state index < -0.39 is 0 Å². The van der Waals surface area contributed by atoms with E-state index >= 15 is 0 Å². The molecule has 2 saturated heterocycles. The number of carbonyl (C=O) groups excluding carboxylic acids is 1. The number of thiocarbonyl (C=S) groups is 1. The summed E-state index contributed by atoms with van der Waals surface area (Å²) in [4.78, 5) is 30.4. The highest BCUT2D eigenvalue weighted by Gasteiger charge is 2.34. The van der Waals surface area contributed by atoms with Crippen molar-refractivity contribution in [1.29, 1.82) is 5.26 Å². The quantitative estimate of drug-likeness (QED) is 0.456. The highest BCUT2D eigenvalue weighted by molar-refractivity contribution is 8.26. The smallest absolute Gasteiger partial charge is 0.270 e. The van der Waals surface area contributed by atoms with Crippen molar-refractivity contribution in [2.24, 2.45) is 0 Å². The lowest BCUT2D eigenvalue weighted by Crippen LogP contribution is -2.41. The Morgan fingerprint density at radius 2 is 2.06 bits per heavy atom. The highest BCUT2D eigenvalue weighted by atomic mass is 32.2. The molecular formula is C23H24N4O4S2. The van der Waals surface area contributed by atoms with Crippen LogP contribution in [-0.2, 0) is 22.6 Å². The first-order chi connectivity index (χ1) is 16.0. The number of furan rings is 1. The van der Waals surface area contributed by atoms with Crippen molar-refractivity contribution < 1.29 is 13.9 Å². The summed E-state index contributed by atoms with van der Waals surface area (Å²) in [6.07, 6.45) is 4.06. The number of hydrogen-bond donors (Lipinski definition) is 0. The topological polar surface area (TPSA) is 91.7 Å². The fourth-order valence-electron chi connectivity index (χ4n) is 4.02. The maximum atomic E-state index is 13.2. The standard InChI is InChI=1S/C23H24N4O4S2/c1-3-6-26-20(25-7-10-30-11-8-25)17(15(2)18(13-24)21(26)28)12-19-22(29)27(23(32)33-19)14-16-5-4-9-31-16/h4-5,9,12H,3,6-8,10-11,14H2,1-2H3/b19-12+. The monoisotopic (exact) mass is 484 g/mol. The summed E-state index contributed by atoms with van der Waals surface area (Å²) in [5, 5.41) is 9.73. The number of ether oxygens (including phenoxy) is 1. The van der Waals surface area contributed by atoms with E-state index in [-0.39, 0.29) is 23.6 Å². The molecule has 4 rings (SSSR count). The van der Waals surface area contributed by atoms with Crippen LogP contribution in [0, 0.1) is 18.3 Å². The molecule has 2 aromatic rings. The molecule has 0 N–H and O–H groups in total. The Bertz CT molecular complexity index is 1200. The molecule has 0 atom stereocenters. The molecule has 2 aliphatic heterocycles. The van der Waals surface area contributed by atoms with Crippen LogP contribution in [0.5, 0.6) is 0 Å². The van der Waals surface area contributed by atoms with E-state index in [0.29, 0.717) is 59.0 Å². The lowest BCUT2D eigenvalue weighted by atomic mass is 10.0. The fraction of sp³-hybridized carbons (Fsp3) is 0.391. The van der Waals surface area contributed by atoms with Gasteiger partial charge in [-0.2, -0.15) is 5.26 Å². The first-order valence-corrected chi connectivity index (χ1v) is 12.0. The van der Waals surface area contributed by atoms with Crippen molar-refractivity contribution >= 4 is 46.1 Å². The number of aromatic nitrogens is 1. The summed E-state index contributed by atoms with van der Waals surface area (Å²) in [6, 6.07) is 5.63. The van der Waals surface area contributed by atoms with E-state index in [1.807, 2.05) is 6.92 Å². The minimum absolute atomic E-state index is 0.0952. The molecule has 2 aliphatic rings. The van der Waals surface area contributed by atoms with E-state index in [2.05, 4.69) is 11.0 Å². The average molecular weight is 485 g/mol. The van der Waals surface area contributed by atoms with Crippen molar-refractivity contribution in [3.8, 4) is 6.07 Å². The van der Waals surface area contributed by atoms with Crippen molar-refractivity contribution in [2.45, 2.75) is 33.4 Å². The van der Waals surface area contributed by atoms with Gasteiger partial charge >= 0.3 is 0 Å². The number of nitrogens with zero attached hydrogens (tertiary/aromatic N) is 4. The molecular weight excluding hydrogens is 460 g/mol. The van der Waals surface area contributed by atoms with Crippen LogP contribution in [0.2, 0.25) is 0 Å². The third-order valence-electron chi connectivity index (χ3n) is 5.65. The Morgan fingerprint density at radius 3 is 2.70 bits per heavy atom.